The van der Waals surface area contributed by atoms with E-state index < -0.39 is 40.1 Å². The standard InChI is InChI=1S/3C3H9OSi.Al/c3*1-5(2,3)4;/h3*1-3H3;/q3*-1;+3. The van der Waals surface area contributed by atoms with Gasteiger partial charge in [-0.2, -0.15) is 0 Å². The highest BCUT2D eigenvalue weighted by molar-refractivity contribution is 6.83. The fraction of sp³-hybridized carbons (Fsp3) is 1.00. The van der Waals surface area contributed by atoms with Gasteiger partial charge >= 0.3 is 15.1 Å². The van der Waals surface area contributed by atoms with Gasteiger partial charge in [-0.15, -0.1) is 0 Å². The molecule has 0 spiro atoms. The maximum atomic E-state index is 6.09. The van der Waals surface area contributed by atoms with Gasteiger partial charge in [0.1, 0.15) is 0 Å². The van der Waals surface area contributed by atoms with Crippen molar-refractivity contribution in [1.82, 2.24) is 0 Å². The summed E-state index contributed by atoms with van der Waals surface area (Å²) in [7, 11) is -4.69. The topological polar surface area (TPSA) is 27.7 Å². The first-order valence-electron chi connectivity index (χ1n) is 5.82. The zero-order chi connectivity index (χ0) is 13.2. The smallest absolute Gasteiger partial charge is 0.499 e. The molecule has 0 fully saturated rings. The Kier molecular flexibility index (Phi) is 6.19. The highest BCUT2D eigenvalue weighted by Gasteiger charge is 2.42. The Hall–Kier alpha value is 1.06. The van der Waals surface area contributed by atoms with Crippen molar-refractivity contribution >= 4 is 40.1 Å². The van der Waals surface area contributed by atoms with E-state index in [0.29, 0.717) is 0 Å². The largest absolute Gasteiger partial charge is 0.871 e. The molecule has 7 heteroatoms. The van der Waals surface area contributed by atoms with Crippen LogP contribution in [0.1, 0.15) is 0 Å². The summed E-state index contributed by atoms with van der Waals surface area (Å²) in [6.07, 6.45) is 0. The second-order valence-corrected chi connectivity index (χ2v) is 23.1. The molecule has 0 unspecified atom stereocenters. The average molecular weight is 295 g/mol. The minimum atomic E-state index is -1.92. The minimum absolute atomic E-state index is 1.56. The van der Waals surface area contributed by atoms with Gasteiger partial charge in [-0.1, -0.05) is 0 Å². The van der Waals surface area contributed by atoms with Crippen molar-refractivity contribution < 1.29 is 10.4 Å². The van der Waals surface area contributed by atoms with Crippen LogP contribution in [0.3, 0.4) is 0 Å². The number of hydrogen-bond acceptors (Lipinski definition) is 3. The lowest BCUT2D eigenvalue weighted by Gasteiger charge is -2.31. The Morgan fingerprint density at radius 3 is 0.812 bits per heavy atom. The van der Waals surface area contributed by atoms with E-state index in [0.717, 1.165) is 0 Å². The van der Waals surface area contributed by atoms with E-state index in [1.54, 1.807) is 0 Å². The van der Waals surface area contributed by atoms with Gasteiger partial charge in [0.2, 0.25) is 0 Å². The maximum Gasteiger partial charge on any atom is 0.871 e. The molecule has 0 radical (unpaired) electrons. The molecule has 0 aromatic carbocycles. The van der Waals surface area contributed by atoms with E-state index in [1.165, 1.54) is 0 Å². The van der Waals surface area contributed by atoms with Gasteiger partial charge in [-0.05, 0) is 58.9 Å². The summed E-state index contributed by atoms with van der Waals surface area (Å²) >= 11 is -1.92. The van der Waals surface area contributed by atoms with E-state index in [-0.39, 0.29) is 0 Å². The van der Waals surface area contributed by atoms with Crippen molar-refractivity contribution in [3.8, 4) is 0 Å². The minimum Gasteiger partial charge on any atom is -0.499 e. The van der Waals surface area contributed by atoms with E-state index in [1.807, 2.05) is 0 Å². The second-order valence-electron chi connectivity index (χ2n) is 6.98. The van der Waals surface area contributed by atoms with E-state index in [4.69, 9.17) is 10.4 Å². The van der Waals surface area contributed by atoms with Crippen molar-refractivity contribution in [2.75, 3.05) is 0 Å². The molecule has 0 aliphatic rings. The lowest BCUT2D eigenvalue weighted by Crippen LogP contribution is -2.49. The Balaban J connectivity index is 4.53. The van der Waals surface area contributed by atoms with Crippen LogP contribution >= 0.6 is 0 Å². The highest BCUT2D eigenvalue weighted by atomic mass is 28.4. The molecule has 0 aromatic heterocycles. The van der Waals surface area contributed by atoms with Gasteiger partial charge in [-0.25, -0.2) is 0 Å². The van der Waals surface area contributed by atoms with Crippen LogP contribution in [-0.2, 0) is 10.4 Å². The number of hydrogen-bond donors (Lipinski definition) is 0. The Morgan fingerprint density at radius 2 is 0.688 bits per heavy atom. The molecular weight excluding hydrogens is 267 g/mol. The lowest BCUT2D eigenvalue weighted by molar-refractivity contribution is 0.300. The van der Waals surface area contributed by atoms with Crippen molar-refractivity contribution in [3.63, 3.8) is 0 Å². The third kappa shape index (κ3) is 11.5. The molecule has 0 heterocycles. The van der Waals surface area contributed by atoms with Crippen LogP contribution in [0.2, 0.25) is 58.9 Å². The summed E-state index contributed by atoms with van der Waals surface area (Å²) in [5, 5.41) is 0. The third-order valence-corrected chi connectivity index (χ3v) is 12.1. The molecule has 16 heavy (non-hydrogen) atoms. The van der Waals surface area contributed by atoms with Crippen molar-refractivity contribution in [2.24, 2.45) is 0 Å². The first-order valence-corrected chi connectivity index (χ1v) is 17.5. The molecule has 0 aliphatic carbocycles. The van der Waals surface area contributed by atoms with Crippen LogP contribution < -0.4 is 0 Å². The maximum absolute atomic E-state index is 6.09. The van der Waals surface area contributed by atoms with Gasteiger partial charge in [0, 0.05) is 0 Å². The van der Waals surface area contributed by atoms with Crippen molar-refractivity contribution in [3.05, 3.63) is 0 Å². The third-order valence-electron chi connectivity index (χ3n) is 1.35. The molecule has 0 saturated carbocycles. The summed E-state index contributed by atoms with van der Waals surface area (Å²) in [5.74, 6) is 0. The van der Waals surface area contributed by atoms with Gasteiger partial charge in [0.05, 0.1) is 0 Å². The monoisotopic (exact) mass is 294 g/mol. The number of rotatable bonds is 6. The fourth-order valence-electron chi connectivity index (χ4n) is 0.938. The van der Waals surface area contributed by atoms with Crippen LogP contribution in [0.15, 0.2) is 0 Å². The van der Waals surface area contributed by atoms with Crippen LogP contribution in [0.5, 0.6) is 0 Å². The molecule has 0 rings (SSSR count). The van der Waals surface area contributed by atoms with E-state index in [2.05, 4.69) is 58.9 Å². The van der Waals surface area contributed by atoms with Gasteiger partial charge in [0.15, 0.2) is 25.0 Å². The van der Waals surface area contributed by atoms with Crippen LogP contribution in [0, 0.1) is 0 Å². The Bertz CT molecular complexity index is 179. The molecule has 0 atom stereocenters. The molecular formula is C9H27AlO3Si3. The van der Waals surface area contributed by atoms with E-state index >= 15 is 0 Å². The molecule has 0 amide bonds. The normalized spacial score (nSPS) is 14.1. The average Bonchev–Trinajstić information content (AvgIpc) is 1.70. The molecule has 0 saturated heterocycles. The zero-order valence-corrected chi connectivity index (χ0v) is 16.5. The summed E-state index contributed by atoms with van der Waals surface area (Å²) in [4.78, 5) is 0. The van der Waals surface area contributed by atoms with Crippen LogP contribution in [0.4, 0.5) is 0 Å². The summed E-state index contributed by atoms with van der Waals surface area (Å²) in [5.41, 5.74) is 0. The molecule has 0 aromatic rings. The fourth-order valence-corrected chi connectivity index (χ4v) is 9.74. The molecule has 0 N–H and O–H groups in total. The quantitative estimate of drug-likeness (QED) is 0.702. The Morgan fingerprint density at radius 1 is 0.500 bits per heavy atom. The zero-order valence-electron chi connectivity index (χ0n) is 12.3. The first kappa shape index (κ1) is 17.1. The predicted molar refractivity (Wildman–Crippen MR) is 79.0 cm³/mol. The van der Waals surface area contributed by atoms with Gasteiger partial charge in [0.25, 0.3) is 0 Å². The lowest BCUT2D eigenvalue weighted by atomic mass is 11.8. The molecule has 0 aliphatic heterocycles. The second kappa shape index (κ2) is 5.80. The van der Waals surface area contributed by atoms with Crippen LogP contribution in [0.25, 0.3) is 0 Å². The molecule has 0 bridgehead atoms. The first-order chi connectivity index (χ1) is 6.79. The van der Waals surface area contributed by atoms with Crippen molar-refractivity contribution in [1.29, 1.82) is 0 Å². The van der Waals surface area contributed by atoms with Gasteiger partial charge in [-0.3, -0.25) is 0 Å². The Labute approximate surface area is 109 Å². The van der Waals surface area contributed by atoms with E-state index in [9.17, 15) is 0 Å². The summed E-state index contributed by atoms with van der Waals surface area (Å²) < 4.78 is 18.3. The predicted octanol–water partition coefficient (Wildman–Crippen LogP) is 3.53. The molecule has 3 nitrogen and oxygen atoms in total. The van der Waals surface area contributed by atoms with Gasteiger partial charge < -0.3 is 10.4 Å². The summed E-state index contributed by atoms with van der Waals surface area (Å²) in [6.45, 7) is 19.7. The summed E-state index contributed by atoms with van der Waals surface area (Å²) in [6, 6.07) is 0. The molecule has 96 valence electrons. The van der Waals surface area contributed by atoms with Crippen molar-refractivity contribution in [2.45, 2.75) is 58.9 Å². The SMILES string of the molecule is C[Si](C)(C)[O][Al]([O][Si](C)(C)C)[O][Si](C)(C)C. The highest BCUT2D eigenvalue weighted by Crippen LogP contribution is 2.16. The van der Waals surface area contributed by atoms with Crippen LogP contribution in [-0.4, -0.2) is 40.1 Å².